The van der Waals surface area contributed by atoms with E-state index in [1.165, 1.54) is 0 Å². The van der Waals surface area contributed by atoms with Crippen molar-refractivity contribution in [1.29, 1.82) is 0 Å². The van der Waals surface area contributed by atoms with Crippen molar-refractivity contribution in [3.8, 4) is 0 Å². The van der Waals surface area contributed by atoms with Gasteiger partial charge < -0.3 is 14.8 Å². The molecule has 0 saturated carbocycles. The fraction of sp³-hybridized carbons (Fsp3) is 0.286. The highest BCUT2D eigenvalue weighted by molar-refractivity contribution is 5.96. The van der Waals surface area contributed by atoms with Crippen LogP contribution in [0.15, 0.2) is 48.5 Å². The summed E-state index contributed by atoms with van der Waals surface area (Å²) in [7, 11) is 0. The van der Waals surface area contributed by atoms with Crippen LogP contribution in [0.5, 0.6) is 0 Å². The van der Waals surface area contributed by atoms with Crippen LogP contribution in [0, 0.1) is 13.8 Å². The number of nitrogens with zero attached hydrogens (tertiary/aromatic N) is 1. The first-order chi connectivity index (χ1) is 13.5. The quantitative estimate of drug-likeness (QED) is 0.803. The molecule has 146 valence electrons. The number of esters is 1. The van der Waals surface area contributed by atoms with Crippen molar-refractivity contribution in [2.45, 2.75) is 32.9 Å². The van der Waals surface area contributed by atoms with Crippen molar-refractivity contribution in [1.82, 2.24) is 4.90 Å². The van der Waals surface area contributed by atoms with Gasteiger partial charge in [0, 0.05) is 5.69 Å². The summed E-state index contributed by atoms with van der Waals surface area (Å²) in [6.07, 6.45) is -0.897. The number of hydrogen-bond acceptors (Lipinski definition) is 5. The molecule has 1 aliphatic rings. The molecule has 1 N–H and O–H groups in total. The summed E-state index contributed by atoms with van der Waals surface area (Å²) in [6.45, 7) is 3.70. The van der Waals surface area contributed by atoms with E-state index in [0.717, 1.165) is 21.6 Å². The van der Waals surface area contributed by atoms with Crippen LogP contribution < -0.4 is 5.32 Å². The molecule has 0 unspecified atom stereocenters. The van der Waals surface area contributed by atoms with E-state index in [2.05, 4.69) is 5.32 Å². The van der Waals surface area contributed by atoms with E-state index in [-0.39, 0.29) is 25.7 Å². The Morgan fingerprint density at radius 3 is 2.64 bits per heavy atom. The van der Waals surface area contributed by atoms with E-state index >= 15 is 0 Å². The SMILES string of the molecule is Cc1cccc(NC(=O)C[C@H]2C(=O)OCN2C(=O)OCc2ccccc2)c1C. The number of hydrogen-bond donors (Lipinski definition) is 1. The number of ether oxygens (including phenoxy) is 2. The minimum Gasteiger partial charge on any atom is -0.444 e. The number of carbonyl (C=O) groups is 3. The van der Waals surface area contributed by atoms with E-state index in [1.807, 2.05) is 56.3 Å². The number of anilines is 1. The molecule has 0 bridgehead atoms. The van der Waals surface area contributed by atoms with Gasteiger partial charge in [-0.3, -0.25) is 9.69 Å². The third kappa shape index (κ3) is 4.49. The van der Waals surface area contributed by atoms with Gasteiger partial charge in [-0.05, 0) is 36.6 Å². The number of rotatable bonds is 5. The predicted molar refractivity (Wildman–Crippen MR) is 102 cm³/mol. The maximum absolute atomic E-state index is 12.4. The van der Waals surface area contributed by atoms with Gasteiger partial charge in [-0.2, -0.15) is 0 Å². The fourth-order valence-corrected chi connectivity index (χ4v) is 2.89. The molecule has 1 aliphatic heterocycles. The second-order valence-corrected chi connectivity index (χ2v) is 6.62. The second-order valence-electron chi connectivity index (χ2n) is 6.62. The highest BCUT2D eigenvalue weighted by Crippen LogP contribution is 2.21. The van der Waals surface area contributed by atoms with Gasteiger partial charge in [-0.15, -0.1) is 0 Å². The summed E-state index contributed by atoms with van der Waals surface area (Å²) in [4.78, 5) is 37.9. The lowest BCUT2D eigenvalue weighted by Crippen LogP contribution is -2.40. The Morgan fingerprint density at radius 1 is 1.14 bits per heavy atom. The van der Waals surface area contributed by atoms with Gasteiger partial charge in [0.05, 0.1) is 6.42 Å². The van der Waals surface area contributed by atoms with Crippen LogP contribution in [0.4, 0.5) is 10.5 Å². The maximum atomic E-state index is 12.4. The normalized spacial score (nSPS) is 15.9. The minimum atomic E-state index is -1.01. The van der Waals surface area contributed by atoms with Crippen LogP contribution >= 0.6 is 0 Å². The van der Waals surface area contributed by atoms with E-state index in [1.54, 1.807) is 6.07 Å². The highest BCUT2D eigenvalue weighted by atomic mass is 16.6. The largest absolute Gasteiger partial charge is 0.444 e. The Bertz CT molecular complexity index is 882. The molecular weight excluding hydrogens is 360 g/mol. The zero-order valence-electron chi connectivity index (χ0n) is 15.8. The molecule has 3 rings (SSSR count). The predicted octanol–water partition coefficient (Wildman–Crippen LogP) is 3.15. The van der Waals surface area contributed by atoms with Crippen molar-refractivity contribution in [2.75, 3.05) is 12.0 Å². The maximum Gasteiger partial charge on any atom is 0.413 e. The van der Waals surface area contributed by atoms with Gasteiger partial charge in [-0.1, -0.05) is 42.5 Å². The number of cyclic esters (lactones) is 1. The molecule has 28 heavy (non-hydrogen) atoms. The van der Waals surface area contributed by atoms with Crippen molar-refractivity contribution in [3.05, 3.63) is 65.2 Å². The van der Waals surface area contributed by atoms with E-state index in [0.29, 0.717) is 5.69 Å². The lowest BCUT2D eigenvalue weighted by atomic mass is 10.1. The van der Waals surface area contributed by atoms with Crippen molar-refractivity contribution in [3.63, 3.8) is 0 Å². The molecule has 0 radical (unpaired) electrons. The summed E-state index contributed by atoms with van der Waals surface area (Å²) in [5, 5.41) is 2.79. The smallest absolute Gasteiger partial charge is 0.413 e. The highest BCUT2D eigenvalue weighted by Gasteiger charge is 2.40. The zero-order valence-corrected chi connectivity index (χ0v) is 15.8. The third-order valence-electron chi connectivity index (χ3n) is 4.69. The van der Waals surface area contributed by atoms with E-state index in [4.69, 9.17) is 9.47 Å². The zero-order chi connectivity index (χ0) is 20.1. The molecule has 1 fully saturated rings. The van der Waals surface area contributed by atoms with Crippen LogP contribution in [0.1, 0.15) is 23.1 Å². The summed E-state index contributed by atoms with van der Waals surface area (Å²) in [5.41, 5.74) is 3.49. The molecule has 2 aromatic rings. The molecule has 7 heteroatoms. The second kappa shape index (κ2) is 8.56. The summed E-state index contributed by atoms with van der Waals surface area (Å²) >= 11 is 0. The van der Waals surface area contributed by atoms with E-state index < -0.39 is 18.1 Å². The van der Waals surface area contributed by atoms with Gasteiger partial charge in [0.25, 0.3) is 0 Å². The Hall–Kier alpha value is -3.35. The Kier molecular flexibility index (Phi) is 5.93. The minimum absolute atomic E-state index is 0.0752. The Balaban J connectivity index is 1.61. The van der Waals surface area contributed by atoms with Crippen LogP contribution in [-0.4, -0.2) is 35.6 Å². The molecule has 0 spiro atoms. The fourth-order valence-electron chi connectivity index (χ4n) is 2.89. The molecule has 0 aromatic heterocycles. The van der Waals surface area contributed by atoms with Crippen LogP contribution in [0.3, 0.4) is 0 Å². The van der Waals surface area contributed by atoms with Crippen molar-refractivity contribution >= 4 is 23.7 Å². The molecule has 0 aliphatic carbocycles. The number of amides is 2. The third-order valence-corrected chi connectivity index (χ3v) is 4.69. The number of carbonyl (C=O) groups excluding carboxylic acids is 3. The topological polar surface area (TPSA) is 84.9 Å². The van der Waals surface area contributed by atoms with E-state index in [9.17, 15) is 14.4 Å². The molecule has 2 aromatic carbocycles. The summed E-state index contributed by atoms with van der Waals surface area (Å²) in [5.74, 6) is -0.994. The van der Waals surface area contributed by atoms with Crippen molar-refractivity contribution in [2.24, 2.45) is 0 Å². The number of benzene rings is 2. The average molecular weight is 382 g/mol. The monoisotopic (exact) mass is 382 g/mol. The number of nitrogens with one attached hydrogen (secondary N) is 1. The first-order valence-electron chi connectivity index (χ1n) is 8.95. The van der Waals surface area contributed by atoms with Gasteiger partial charge in [0.15, 0.2) is 6.73 Å². The van der Waals surface area contributed by atoms with Crippen LogP contribution in [0.25, 0.3) is 0 Å². The molecule has 1 atom stereocenters. The molecule has 7 nitrogen and oxygen atoms in total. The first kappa shape index (κ1) is 19.4. The van der Waals surface area contributed by atoms with Gasteiger partial charge in [0.1, 0.15) is 12.6 Å². The average Bonchev–Trinajstić information content (AvgIpc) is 3.05. The Labute approximate surface area is 163 Å². The molecular formula is C21H22N2O5. The lowest BCUT2D eigenvalue weighted by Gasteiger charge is -2.20. The van der Waals surface area contributed by atoms with Crippen molar-refractivity contribution < 1.29 is 23.9 Å². The summed E-state index contributed by atoms with van der Waals surface area (Å²) in [6, 6.07) is 13.8. The summed E-state index contributed by atoms with van der Waals surface area (Å²) < 4.78 is 10.2. The molecule has 1 saturated heterocycles. The lowest BCUT2D eigenvalue weighted by molar-refractivity contribution is -0.140. The standard InChI is InChI=1S/C21H22N2O5/c1-14-7-6-10-17(15(14)2)22-19(24)11-18-20(25)28-13-23(18)21(26)27-12-16-8-4-3-5-9-16/h3-10,18H,11-13H2,1-2H3,(H,22,24)/t18-/m0/s1. The first-order valence-corrected chi connectivity index (χ1v) is 8.95. The Morgan fingerprint density at radius 2 is 1.89 bits per heavy atom. The molecule has 1 heterocycles. The molecule has 2 amide bonds. The van der Waals surface area contributed by atoms with Crippen LogP contribution in [-0.2, 0) is 25.7 Å². The number of aryl methyl sites for hydroxylation is 1. The van der Waals surface area contributed by atoms with Crippen LogP contribution in [0.2, 0.25) is 0 Å². The van der Waals surface area contributed by atoms with Gasteiger partial charge in [0.2, 0.25) is 5.91 Å². The van der Waals surface area contributed by atoms with Gasteiger partial charge >= 0.3 is 12.1 Å². The van der Waals surface area contributed by atoms with Gasteiger partial charge in [-0.25, -0.2) is 9.59 Å².